The van der Waals surface area contributed by atoms with Crippen LogP contribution in [0.2, 0.25) is 5.02 Å². The minimum absolute atomic E-state index is 0.135. The van der Waals surface area contributed by atoms with Crippen molar-refractivity contribution in [1.82, 2.24) is 0 Å². The van der Waals surface area contributed by atoms with E-state index in [2.05, 4.69) is 5.32 Å². The Balaban J connectivity index is 2.00. The second-order valence-corrected chi connectivity index (χ2v) is 4.85. The van der Waals surface area contributed by atoms with E-state index in [9.17, 15) is 19.7 Å². The Kier molecular flexibility index (Phi) is 2.99. The number of halogens is 1. The molecule has 0 spiro atoms. The van der Waals surface area contributed by atoms with E-state index in [1.165, 1.54) is 18.2 Å². The van der Waals surface area contributed by atoms with Gasteiger partial charge in [-0.1, -0.05) is 11.6 Å². The van der Waals surface area contributed by atoms with Crippen LogP contribution in [0.25, 0.3) is 0 Å². The summed E-state index contributed by atoms with van der Waals surface area (Å²) in [5, 5.41) is 13.3. The molecule has 0 unspecified atom stereocenters. The zero-order chi connectivity index (χ0) is 15.1. The summed E-state index contributed by atoms with van der Waals surface area (Å²) in [5.74, 6) is -1.46. The van der Waals surface area contributed by atoms with Crippen LogP contribution in [0, 0.1) is 10.1 Å². The molecule has 0 fully saturated rings. The second-order valence-electron chi connectivity index (χ2n) is 4.44. The van der Waals surface area contributed by atoms with Crippen molar-refractivity contribution >= 4 is 34.9 Å². The molecule has 8 heteroatoms. The molecule has 3 rings (SSSR count). The first-order chi connectivity index (χ1) is 9.95. The Labute approximate surface area is 122 Å². The average Bonchev–Trinajstić information content (AvgIpc) is 3.02. The maximum absolute atomic E-state index is 12.3. The standard InChI is InChI=1S/C13H7ClN2O5/c14-8-5-9-6(4-11(17)15-9)3-7(8)13(18)10-1-2-12(21-10)16(19)20/h1-3,5H,4H2,(H,15,17). The molecule has 1 aliphatic heterocycles. The van der Waals surface area contributed by atoms with Gasteiger partial charge in [0, 0.05) is 11.3 Å². The zero-order valence-electron chi connectivity index (χ0n) is 10.4. The molecule has 0 saturated carbocycles. The third-order valence-electron chi connectivity index (χ3n) is 3.06. The highest BCUT2D eigenvalue weighted by Gasteiger charge is 2.25. The fourth-order valence-electron chi connectivity index (χ4n) is 2.10. The lowest BCUT2D eigenvalue weighted by atomic mass is 10.0. The molecule has 0 radical (unpaired) electrons. The normalized spacial score (nSPS) is 12.9. The van der Waals surface area contributed by atoms with E-state index in [4.69, 9.17) is 16.0 Å². The largest absolute Gasteiger partial charge is 0.433 e. The predicted octanol–water partition coefficient (Wildman–Crippen LogP) is 2.57. The molecule has 106 valence electrons. The lowest BCUT2D eigenvalue weighted by molar-refractivity contribution is -0.402. The van der Waals surface area contributed by atoms with Gasteiger partial charge >= 0.3 is 5.88 Å². The van der Waals surface area contributed by atoms with Gasteiger partial charge in [-0.05, 0) is 23.8 Å². The molecule has 1 aromatic heterocycles. The van der Waals surface area contributed by atoms with Crippen LogP contribution in [0.15, 0.2) is 28.7 Å². The van der Waals surface area contributed by atoms with Crippen molar-refractivity contribution in [3.05, 3.63) is 56.3 Å². The van der Waals surface area contributed by atoms with Crippen LogP contribution < -0.4 is 5.32 Å². The third-order valence-corrected chi connectivity index (χ3v) is 3.37. The van der Waals surface area contributed by atoms with Gasteiger partial charge in [0.05, 0.1) is 17.5 Å². The summed E-state index contributed by atoms with van der Waals surface area (Å²) in [5.41, 5.74) is 1.34. The average molecular weight is 307 g/mol. The van der Waals surface area contributed by atoms with Crippen molar-refractivity contribution in [3.8, 4) is 0 Å². The first kappa shape index (κ1) is 13.3. The maximum atomic E-state index is 12.3. The Morgan fingerprint density at radius 3 is 2.81 bits per heavy atom. The number of nitro groups is 1. The molecule has 2 heterocycles. The zero-order valence-corrected chi connectivity index (χ0v) is 11.1. The summed E-state index contributed by atoms with van der Waals surface area (Å²) in [4.78, 5) is 33.4. The van der Waals surface area contributed by atoms with Crippen molar-refractivity contribution < 1.29 is 18.9 Å². The number of hydrogen-bond acceptors (Lipinski definition) is 5. The van der Waals surface area contributed by atoms with Crippen molar-refractivity contribution in [3.63, 3.8) is 0 Å². The highest BCUT2D eigenvalue weighted by Crippen LogP contribution is 2.31. The number of ketones is 1. The number of nitrogens with one attached hydrogen (secondary N) is 1. The summed E-state index contributed by atoms with van der Waals surface area (Å²) in [6, 6.07) is 5.28. The van der Waals surface area contributed by atoms with E-state index in [1.54, 1.807) is 0 Å². The Morgan fingerprint density at radius 2 is 2.14 bits per heavy atom. The van der Waals surface area contributed by atoms with Gasteiger partial charge < -0.3 is 9.73 Å². The van der Waals surface area contributed by atoms with Crippen LogP contribution in [0.5, 0.6) is 0 Å². The fraction of sp³-hybridized carbons (Fsp3) is 0.0769. The van der Waals surface area contributed by atoms with Gasteiger partial charge in [-0.15, -0.1) is 0 Å². The Hall–Kier alpha value is -2.67. The number of carbonyl (C=O) groups is 2. The first-order valence-corrected chi connectivity index (χ1v) is 6.24. The molecule has 7 nitrogen and oxygen atoms in total. The van der Waals surface area contributed by atoms with E-state index in [0.717, 1.165) is 6.07 Å². The van der Waals surface area contributed by atoms with Crippen LogP contribution in [0.4, 0.5) is 11.6 Å². The molecule has 0 atom stereocenters. The van der Waals surface area contributed by atoms with Crippen LogP contribution in [-0.4, -0.2) is 16.6 Å². The number of furan rings is 1. The van der Waals surface area contributed by atoms with E-state index in [1.807, 2.05) is 0 Å². The molecule has 0 bridgehead atoms. The van der Waals surface area contributed by atoms with Crippen molar-refractivity contribution in [2.24, 2.45) is 0 Å². The number of benzene rings is 1. The van der Waals surface area contributed by atoms with Gasteiger partial charge in [0.25, 0.3) is 0 Å². The monoisotopic (exact) mass is 306 g/mol. The number of rotatable bonds is 3. The molecule has 1 N–H and O–H groups in total. The minimum atomic E-state index is -0.732. The summed E-state index contributed by atoms with van der Waals surface area (Å²) in [6.07, 6.45) is 0.158. The molecule has 21 heavy (non-hydrogen) atoms. The van der Waals surface area contributed by atoms with E-state index >= 15 is 0 Å². The van der Waals surface area contributed by atoms with Crippen LogP contribution >= 0.6 is 11.6 Å². The van der Waals surface area contributed by atoms with Crippen LogP contribution in [-0.2, 0) is 11.2 Å². The molecule has 2 aromatic rings. The van der Waals surface area contributed by atoms with E-state index in [-0.39, 0.29) is 28.7 Å². The molecule has 1 aromatic carbocycles. The third kappa shape index (κ3) is 2.27. The number of fused-ring (bicyclic) bond motifs is 1. The van der Waals surface area contributed by atoms with Crippen molar-refractivity contribution in [1.29, 1.82) is 0 Å². The molecule has 0 aliphatic carbocycles. The highest BCUT2D eigenvalue weighted by atomic mass is 35.5. The number of hydrogen-bond donors (Lipinski definition) is 1. The minimum Gasteiger partial charge on any atom is -0.397 e. The first-order valence-electron chi connectivity index (χ1n) is 5.87. The van der Waals surface area contributed by atoms with Gasteiger partial charge in [0.2, 0.25) is 11.7 Å². The topological polar surface area (TPSA) is 102 Å². The number of carbonyl (C=O) groups excluding carboxylic acids is 2. The quantitative estimate of drug-likeness (QED) is 0.533. The molecular weight excluding hydrogens is 300 g/mol. The lowest BCUT2D eigenvalue weighted by Gasteiger charge is -2.05. The summed E-state index contributed by atoms with van der Waals surface area (Å²) in [7, 11) is 0. The lowest BCUT2D eigenvalue weighted by Crippen LogP contribution is -2.03. The van der Waals surface area contributed by atoms with Gasteiger partial charge in [-0.25, -0.2) is 0 Å². The Morgan fingerprint density at radius 1 is 1.38 bits per heavy atom. The summed E-state index contributed by atoms with van der Waals surface area (Å²) < 4.78 is 4.87. The second kappa shape index (κ2) is 4.71. The number of anilines is 1. The summed E-state index contributed by atoms with van der Waals surface area (Å²) >= 11 is 6.02. The van der Waals surface area contributed by atoms with Crippen molar-refractivity contribution in [2.45, 2.75) is 6.42 Å². The fourth-order valence-corrected chi connectivity index (χ4v) is 2.35. The SMILES string of the molecule is O=C1Cc2cc(C(=O)c3ccc([N+](=O)[O-])o3)c(Cl)cc2N1. The Bertz CT molecular complexity index is 796. The van der Waals surface area contributed by atoms with Gasteiger partial charge in [-0.3, -0.25) is 19.7 Å². The smallest absolute Gasteiger partial charge is 0.397 e. The maximum Gasteiger partial charge on any atom is 0.433 e. The predicted molar refractivity (Wildman–Crippen MR) is 72.6 cm³/mol. The molecule has 1 aliphatic rings. The van der Waals surface area contributed by atoms with E-state index in [0.29, 0.717) is 11.3 Å². The number of amides is 1. The van der Waals surface area contributed by atoms with Crippen LogP contribution in [0.3, 0.4) is 0 Å². The van der Waals surface area contributed by atoms with E-state index < -0.39 is 16.6 Å². The van der Waals surface area contributed by atoms with Gasteiger partial charge in [-0.2, -0.15) is 0 Å². The molecule has 1 amide bonds. The van der Waals surface area contributed by atoms with Gasteiger partial charge in [0.15, 0.2) is 5.76 Å². The van der Waals surface area contributed by atoms with Crippen molar-refractivity contribution in [2.75, 3.05) is 5.32 Å². The molecule has 0 saturated heterocycles. The summed E-state index contributed by atoms with van der Waals surface area (Å²) in [6.45, 7) is 0. The van der Waals surface area contributed by atoms with Gasteiger partial charge in [0.1, 0.15) is 4.92 Å². The number of nitrogens with zero attached hydrogens (tertiary/aromatic N) is 1. The van der Waals surface area contributed by atoms with Crippen LogP contribution in [0.1, 0.15) is 21.7 Å². The highest BCUT2D eigenvalue weighted by molar-refractivity contribution is 6.35. The molecular formula is C13H7ClN2O5.